The van der Waals surface area contributed by atoms with Crippen molar-refractivity contribution in [3.8, 4) is 5.75 Å². The molecule has 0 spiro atoms. The molecule has 0 unspecified atom stereocenters. The van der Waals surface area contributed by atoms with Gasteiger partial charge in [-0.3, -0.25) is 0 Å². The lowest BCUT2D eigenvalue weighted by Gasteiger charge is -2.05. The molecule has 4 nitrogen and oxygen atoms in total. The normalized spacial score (nSPS) is 9.00. The number of ether oxygens (including phenoxy) is 1. The van der Waals surface area contributed by atoms with Crippen LogP contribution in [0.5, 0.6) is 5.75 Å². The average Bonchev–Trinajstić information content (AvgIpc) is 2.21. The van der Waals surface area contributed by atoms with Crippen LogP contribution in [0.25, 0.3) is 0 Å². The number of aliphatic hydroxyl groups excluding tert-OH is 1. The van der Waals surface area contributed by atoms with E-state index in [0.29, 0.717) is 5.02 Å². The summed E-state index contributed by atoms with van der Waals surface area (Å²) < 4.78 is 4.86. The Balaban J connectivity index is 0.000000673. The maximum absolute atomic E-state index is 10.2. The van der Waals surface area contributed by atoms with Crippen LogP contribution in [0.4, 0.5) is 0 Å². The molecular weight excluding hydrogens is 255 g/mol. The fraction of sp³-hybridized carbons (Fsp3) is 0.300. The summed E-state index contributed by atoms with van der Waals surface area (Å²) in [5.74, 6) is -0.785. The van der Waals surface area contributed by atoms with Crippen molar-refractivity contribution in [2.75, 3.05) is 13.2 Å². The van der Waals surface area contributed by atoms with E-state index in [1.807, 2.05) is 0 Å². The number of aliphatic hydroxyl groups is 1. The zero-order valence-corrected chi connectivity index (χ0v) is 10.1. The van der Waals surface area contributed by atoms with Crippen LogP contribution in [0.15, 0.2) is 18.2 Å². The lowest BCUT2D eigenvalue weighted by molar-refractivity contribution is -0.139. The van der Waals surface area contributed by atoms with Gasteiger partial charge < -0.3 is 14.9 Å². The Morgan fingerprint density at radius 2 is 2.00 bits per heavy atom. The highest BCUT2D eigenvalue weighted by Crippen LogP contribution is 2.31. The van der Waals surface area contributed by atoms with Crippen LogP contribution in [0, 0.1) is 0 Å². The lowest BCUT2D eigenvalue weighted by Crippen LogP contribution is -2.09. The van der Waals surface area contributed by atoms with Gasteiger partial charge in [-0.25, -0.2) is 4.79 Å². The number of hydrogen-bond donors (Lipinski definition) is 2. The van der Waals surface area contributed by atoms with E-state index >= 15 is 0 Å². The Labute approximate surface area is 103 Å². The summed E-state index contributed by atoms with van der Waals surface area (Å²) in [6, 6.07) is 4.78. The number of carbonyl (C=O) groups is 1. The monoisotopic (exact) mass is 266 g/mol. The third-order valence-electron chi connectivity index (χ3n) is 1.27. The van der Waals surface area contributed by atoms with Crippen molar-refractivity contribution < 1.29 is 19.7 Å². The van der Waals surface area contributed by atoms with Crippen LogP contribution in [-0.4, -0.2) is 29.4 Å². The minimum atomic E-state index is -1.06. The first-order chi connectivity index (χ1) is 7.52. The highest BCUT2D eigenvalue weighted by atomic mass is 35.5. The maximum Gasteiger partial charge on any atom is 0.341 e. The predicted octanol–water partition coefficient (Wildman–Crippen LogP) is 2.46. The molecule has 1 aromatic carbocycles. The molecular formula is C10H12Cl2O4. The molecule has 16 heavy (non-hydrogen) atoms. The van der Waals surface area contributed by atoms with Gasteiger partial charge >= 0.3 is 5.97 Å². The molecule has 0 heterocycles. The number of rotatable bonds is 3. The van der Waals surface area contributed by atoms with Crippen molar-refractivity contribution in [1.82, 2.24) is 0 Å². The topological polar surface area (TPSA) is 66.8 Å². The molecule has 0 bridgehead atoms. The Kier molecular flexibility index (Phi) is 7.72. The van der Waals surface area contributed by atoms with E-state index in [1.165, 1.54) is 0 Å². The molecule has 2 N–H and O–H groups in total. The average molecular weight is 267 g/mol. The van der Waals surface area contributed by atoms with Gasteiger partial charge in [-0.2, -0.15) is 0 Å². The van der Waals surface area contributed by atoms with Crippen molar-refractivity contribution in [3.05, 3.63) is 28.2 Å². The van der Waals surface area contributed by atoms with Crippen LogP contribution in [0.3, 0.4) is 0 Å². The van der Waals surface area contributed by atoms with E-state index in [9.17, 15) is 4.79 Å². The molecule has 0 amide bonds. The summed E-state index contributed by atoms with van der Waals surface area (Å²) in [6.45, 7) is 1.50. The zero-order valence-electron chi connectivity index (χ0n) is 8.61. The van der Waals surface area contributed by atoms with Gasteiger partial charge in [0.05, 0.1) is 5.02 Å². The molecule has 0 aliphatic carbocycles. The van der Waals surface area contributed by atoms with Crippen molar-refractivity contribution >= 4 is 29.2 Å². The van der Waals surface area contributed by atoms with Crippen molar-refractivity contribution in [3.63, 3.8) is 0 Å². The molecule has 0 aromatic heterocycles. The fourth-order valence-corrected chi connectivity index (χ4v) is 1.08. The van der Waals surface area contributed by atoms with Gasteiger partial charge in [0.25, 0.3) is 0 Å². The van der Waals surface area contributed by atoms with E-state index in [4.69, 9.17) is 38.2 Å². The van der Waals surface area contributed by atoms with E-state index in [1.54, 1.807) is 25.1 Å². The Hall–Kier alpha value is -0.970. The summed E-state index contributed by atoms with van der Waals surface area (Å²) in [6.07, 6.45) is 0. The second-order valence-electron chi connectivity index (χ2n) is 2.55. The van der Waals surface area contributed by atoms with Gasteiger partial charge in [-0.15, -0.1) is 0 Å². The fourth-order valence-electron chi connectivity index (χ4n) is 0.735. The Morgan fingerprint density at radius 1 is 1.44 bits per heavy atom. The zero-order chi connectivity index (χ0) is 12.6. The lowest BCUT2D eigenvalue weighted by atomic mass is 10.3. The number of benzene rings is 1. The molecule has 90 valence electrons. The number of aliphatic carboxylic acids is 1. The van der Waals surface area contributed by atoms with Crippen LogP contribution in [0.2, 0.25) is 10.0 Å². The van der Waals surface area contributed by atoms with E-state index in [-0.39, 0.29) is 17.4 Å². The summed E-state index contributed by atoms with van der Waals surface area (Å²) >= 11 is 11.4. The van der Waals surface area contributed by atoms with Crippen molar-refractivity contribution in [1.29, 1.82) is 0 Å². The molecule has 0 saturated heterocycles. The highest BCUT2D eigenvalue weighted by Gasteiger charge is 2.06. The number of hydrogen-bond acceptors (Lipinski definition) is 3. The van der Waals surface area contributed by atoms with Gasteiger partial charge in [0.15, 0.2) is 6.61 Å². The largest absolute Gasteiger partial charge is 0.480 e. The van der Waals surface area contributed by atoms with E-state index < -0.39 is 12.6 Å². The first-order valence-electron chi connectivity index (χ1n) is 4.42. The van der Waals surface area contributed by atoms with Gasteiger partial charge in [0.1, 0.15) is 10.8 Å². The van der Waals surface area contributed by atoms with Crippen LogP contribution < -0.4 is 4.74 Å². The Morgan fingerprint density at radius 3 is 2.50 bits per heavy atom. The van der Waals surface area contributed by atoms with Crippen molar-refractivity contribution in [2.24, 2.45) is 0 Å². The van der Waals surface area contributed by atoms with Gasteiger partial charge in [0.2, 0.25) is 0 Å². The second kappa shape index (κ2) is 8.21. The molecule has 0 fully saturated rings. The molecule has 0 saturated carbocycles. The standard InChI is InChI=1S/C8H6Cl2O3.C2H6O/c9-5-2-1-3-6(8(5)10)13-4-7(11)12;1-2-3/h1-3H,4H2,(H,11,12);3H,2H2,1H3. The van der Waals surface area contributed by atoms with Gasteiger partial charge in [-0.1, -0.05) is 29.3 Å². The van der Waals surface area contributed by atoms with Crippen LogP contribution in [0.1, 0.15) is 6.92 Å². The predicted molar refractivity (Wildman–Crippen MR) is 62.4 cm³/mol. The van der Waals surface area contributed by atoms with Gasteiger partial charge in [-0.05, 0) is 19.1 Å². The summed E-state index contributed by atoms with van der Waals surface area (Å²) in [5.41, 5.74) is 0. The quantitative estimate of drug-likeness (QED) is 0.882. The molecule has 1 aromatic rings. The molecule has 0 aliphatic heterocycles. The number of carboxylic acids is 1. The first-order valence-corrected chi connectivity index (χ1v) is 5.18. The number of carboxylic acid groups (broad SMARTS) is 1. The van der Waals surface area contributed by atoms with E-state index in [0.717, 1.165) is 0 Å². The smallest absolute Gasteiger partial charge is 0.341 e. The SMILES string of the molecule is CCO.O=C(O)COc1cccc(Cl)c1Cl. The summed E-state index contributed by atoms with van der Waals surface area (Å²) in [7, 11) is 0. The van der Waals surface area contributed by atoms with Crippen LogP contribution in [-0.2, 0) is 4.79 Å². The Bertz CT molecular complexity index is 342. The third-order valence-corrected chi connectivity index (χ3v) is 2.07. The van der Waals surface area contributed by atoms with Crippen LogP contribution >= 0.6 is 23.2 Å². The third kappa shape index (κ3) is 5.80. The molecule has 0 radical (unpaired) electrons. The first kappa shape index (κ1) is 15.0. The molecule has 6 heteroatoms. The second-order valence-corrected chi connectivity index (χ2v) is 3.34. The van der Waals surface area contributed by atoms with Crippen molar-refractivity contribution in [2.45, 2.75) is 6.92 Å². The molecule has 0 aliphatic rings. The maximum atomic E-state index is 10.2. The molecule has 1 rings (SSSR count). The van der Waals surface area contributed by atoms with E-state index in [2.05, 4.69) is 0 Å². The molecule has 0 atom stereocenters. The summed E-state index contributed by atoms with van der Waals surface area (Å²) in [4.78, 5) is 10.2. The highest BCUT2D eigenvalue weighted by molar-refractivity contribution is 6.42. The van der Waals surface area contributed by atoms with Gasteiger partial charge in [0, 0.05) is 6.61 Å². The summed E-state index contributed by atoms with van der Waals surface area (Å²) in [5, 5.41) is 16.5. The minimum absolute atomic E-state index is 0.227. The number of halogens is 2. The minimum Gasteiger partial charge on any atom is -0.480 e.